The number of alkyl halides is 3. The van der Waals surface area contributed by atoms with Crippen LogP contribution in [0.5, 0.6) is 5.75 Å². The van der Waals surface area contributed by atoms with Crippen molar-refractivity contribution >= 4 is 0 Å². The van der Waals surface area contributed by atoms with Crippen molar-refractivity contribution in [2.24, 2.45) is 5.73 Å². The second kappa shape index (κ2) is 6.64. The second-order valence-corrected chi connectivity index (χ2v) is 4.28. The lowest BCUT2D eigenvalue weighted by Crippen LogP contribution is -2.20. The Balaban J connectivity index is 2.54. The molecule has 1 atom stereocenters. The van der Waals surface area contributed by atoms with Crippen LogP contribution in [0, 0.1) is 0 Å². The highest BCUT2D eigenvalue weighted by atomic mass is 19.4. The number of benzene rings is 1. The van der Waals surface area contributed by atoms with Crippen LogP contribution in [-0.2, 0) is 6.42 Å². The smallest absolute Gasteiger partial charge is 0.406 e. The molecule has 0 aliphatic carbocycles. The molecule has 0 fully saturated rings. The van der Waals surface area contributed by atoms with Crippen LogP contribution < -0.4 is 10.5 Å². The van der Waals surface area contributed by atoms with Gasteiger partial charge < -0.3 is 10.5 Å². The highest BCUT2D eigenvalue weighted by Gasteiger charge is 2.31. The van der Waals surface area contributed by atoms with Gasteiger partial charge in [-0.2, -0.15) is 0 Å². The minimum absolute atomic E-state index is 0.0993. The minimum atomic E-state index is -4.64. The van der Waals surface area contributed by atoms with Gasteiger partial charge in [-0.05, 0) is 37.0 Å². The summed E-state index contributed by atoms with van der Waals surface area (Å²) < 4.78 is 40.0. The van der Waals surface area contributed by atoms with E-state index in [0.717, 1.165) is 24.8 Å². The number of halogens is 3. The van der Waals surface area contributed by atoms with Gasteiger partial charge in [-0.25, -0.2) is 0 Å². The third-order valence-corrected chi connectivity index (χ3v) is 2.60. The molecule has 1 unspecified atom stereocenters. The molecule has 0 saturated carbocycles. The molecule has 0 bridgehead atoms. The van der Waals surface area contributed by atoms with Crippen molar-refractivity contribution in [1.29, 1.82) is 0 Å². The van der Waals surface area contributed by atoms with Crippen LogP contribution in [-0.4, -0.2) is 12.4 Å². The number of aryl methyl sites for hydroxylation is 1. The van der Waals surface area contributed by atoms with Crippen LogP contribution in [0.25, 0.3) is 0 Å². The Morgan fingerprint density at radius 2 is 2.00 bits per heavy atom. The molecule has 0 heterocycles. The number of nitrogens with two attached hydrogens (primary N) is 1. The van der Waals surface area contributed by atoms with Crippen molar-refractivity contribution in [3.05, 3.63) is 29.8 Å². The van der Waals surface area contributed by atoms with E-state index < -0.39 is 6.36 Å². The molecule has 5 heteroatoms. The Kier molecular flexibility index (Phi) is 5.47. The maximum Gasteiger partial charge on any atom is 0.573 e. The summed E-state index contributed by atoms with van der Waals surface area (Å²) in [4.78, 5) is 0. The molecule has 0 aliphatic heterocycles. The predicted octanol–water partition coefficient (Wildman–Crippen LogP) is 3.65. The average molecular weight is 261 g/mol. The first-order valence-corrected chi connectivity index (χ1v) is 6.01. The molecule has 0 amide bonds. The maximum absolute atomic E-state index is 12.0. The summed E-state index contributed by atoms with van der Waals surface area (Å²) in [7, 11) is 0. The van der Waals surface area contributed by atoms with E-state index in [1.807, 2.05) is 0 Å². The van der Waals surface area contributed by atoms with Crippen molar-refractivity contribution in [3.63, 3.8) is 0 Å². The molecule has 102 valence electrons. The molecule has 1 rings (SSSR count). The lowest BCUT2D eigenvalue weighted by Gasteiger charge is -2.12. The van der Waals surface area contributed by atoms with Crippen LogP contribution >= 0.6 is 0 Å². The van der Waals surface area contributed by atoms with Gasteiger partial charge in [-0.3, -0.25) is 0 Å². The lowest BCUT2D eigenvalue weighted by molar-refractivity contribution is -0.274. The van der Waals surface area contributed by atoms with Crippen LogP contribution in [0.1, 0.15) is 31.7 Å². The third kappa shape index (κ3) is 5.91. The van der Waals surface area contributed by atoms with E-state index in [1.165, 1.54) is 12.1 Å². The summed E-state index contributed by atoms with van der Waals surface area (Å²) in [5.74, 6) is -0.177. The topological polar surface area (TPSA) is 35.2 Å². The molecule has 0 radical (unpaired) electrons. The van der Waals surface area contributed by atoms with Gasteiger partial charge in [-0.1, -0.05) is 25.5 Å². The van der Waals surface area contributed by atoms with Gasteiger partial charge in [0.2, 0.25) is 0 Å². The molecule has 0 aromatic heterocycles. The van der Waals surface area contributed by atoms with E-state index in [1.54, 1.807) is 12.1 Å². The number of hydrogen-bond acceptors (Lipinski definition) is 2. The molecule has 0 aliphatic rings. The van der Waals surface area contributed by atoms with E-state index in [2.05, 4.69) is 11.7 Å². The van der Waals surface area contributed by atoms with Gasteiger partial charge in [-0.15, -0.1) is 13.2 Å². The van der Waals surface area contributed by atoms with Gasteiger partial charge in [0.15, 0.2) is 0 Å². The third-order valence-electron chi connectivity index (χ3n) is 2.60. The SMILES string of the molecule is CCCC(N)CCc1cccc(OC(F)(F)F)c1. The standard InChI is InChI=1S/C13H18F3NO/c1-2-4-11(17)8-7-10-5-3-6-12(9-10)18-13(14,15)16/h3,5-6,9,11H,2,4,7-8,17H2,1H3. The molecule has 18 heavy (non-hydrogen) atoms. The zero-order chi connectivity index (χ0) is 13.6. The van der Waals surface area contributed by atoms with E-state index in [9.17, 15) is 13.2 Å². The zero-order valence-electron chi connectivity index (χ0n) is 10.3. The number of rotatable bonds is 6. The van der Waals surface area contributed by atoms with Crippen molar-refractivity contribution < 1.29 is 17.9 Å². The van der Waals surface area contributed by atoms with Crippen LogP contribution in [0.15, 0.2) is 24.3 Å². The molecular weight excluding hydrogens is 243 g/mol. The Labute approximate surface area is 105 Å². The first-order chi connectivity index (χ1) is 8.40. The average Bonchev–Trinajstić information content (AvgIpc) is 2.25. The van der Waals surface area contributed by atoms with Crippen molar-refractivity contribution in [1.82, 2.24) is 0 Å². The highest BCUT2D eigenvalue weighted by molar-refractivity contribution is 5.28. The van der Waals surface area contributed by atoms with Gasteiger partial charge in [0.25, 0.3) is 0 Å². The summed E-state index contributed by atoms with van der Waals surface area (Å²) in [6.45, 7) is 2.05. The van der Waals surface area contributed by atoms with Crippen molar-refractivity contribution in [2.45, 2.75) is 45.0 Å². The highest BCUT2D eigenvalue weighted by Crippen LogP contribution is 2.23. The summed E-state index contributed by atoms with van der Waals surface area (Å²) in [6.07, 6.45) is -1.27. The molecule has 2 N–H and O–H groups in total. The number of ether oxygens (including phenoxy) is 1. The molecule has 0 saturated heterocycles. The lowest BCUT2D eigenvalue weighted by atomic mass is 10.0. The van der Waals surface area contributed by atoms with E-state index in [0.29, 0.717) is 6.42 Å². The zero-order valence-corrected chi connectivity index (χ0v) is 10.3. The largest absolute Gasteiger partial charge is 0.573 e. The summed E-state index contributed by atoms with van der Waals surface area (Å²) >= 11 is 0. The molecule has 2 nitrogen and oxygen atoms in total. The van der Waals surface area contributed by atoms with Gasteiger partial charge >= 0.3 is 6.36 Å². The second-order valence-electron chi connectivity index (χ2n) is 4.28. The first kappa shape index (κ1) is 14.8. The quantitative estimate of drug-likeness (QED) is 0.848. The van der Waals surface area contributed by atoms with Crippen LogP contribution in [0.3, 0.4) is 0 Å². The Morgan fingerprint density at radius 1 is 1.28 bits per heavy atom. The van der Waals surface area contributed by atoms with E-state index in [-0.39, 0.29) is 11.8 Å². The Morgan fingerprint density at radius 3 is 2.61 bits per heavy atom. The summed E-state index contributed by atoms with van der Waals surface area (Å²) in [6, 6.07) is 6.14. The van der Waals surface area contributed by atoms with Crippen LogP contribution in [0.2, 0.25) is 0 Å². The predicted molar refractivity (Wildman–Crippen MR) is 64.3 cm³/mol. The molecule has 1 aromatic carbocycles. The first-order valence-electron chi connectivity index (χ1n) is 6.01. The maximum atomic E-state index is 12.0. The fourth-order valence-corrected chi connectivity index (χ4v) is 1.77. The summed E-state index contributed by atoms with van der Waals surface area (Å²) in [5.41, 5.74) is 6.67. The Hall–Kier alpha value is -1.23. The minimum Gasteiger partial charge on any atom is -0.406 e. The van der Waals surface area contributed by atoms with E-state index in [4.69, 9.17) is 5.73 Å². The monoisotopic (exact) mass is 261 g/mol. The van der Waals surface area contributed by atoms with Gasteiger partial charge in [0.05, 0.1) is 0 Å². The number of hydrogen-bond donors (Lipinski definition) is 1. The van der Waals surface area contributed by atoms with Gasteiger partial charge in [0, 0.05) is 6.04 Å². The van der Waals surface area contributed by atoms with Crippen molar-refractivity contribution in [2.75, 3.05) is 0 Å². The van der Waals surface area contributed by atoms with Crippen molar-refractivity contribution in [3.8, 4) is 5.75 Å². The normalized spacial score (nSPS) is 13.4. The van der Waals surface area contributed by atoms with Gasteiger partial charge in [0.1, 0.15) is 5.75 Å². The van der Waals surface area contributed by atoms with Crippen LogP contribution in [0.4, 0.5) is 13.2 Å². The fourth-order valence-electron chi connectivity index (χ4n) is 1.77. The molecular formula is C13H18F3NO. The Bertz CT molecular complexity index is 365. The fraction of sp³-hybridized carbons (Fsp3) is 0.538. The molecule has 1 aromatic rings. The molecule has 0 spiro atoms. The van der Waals surface area contributed by atoms with E-state index >= 15 is 0 Å². The summed E-state index contributed by atoms with van der Waals surface area (Å²) in [5, 5.41) is 0.